The standard InChI is InChI=1S/C19H30N6O2/c1-21-14-20-17-16(21)18(26)25(19(27)22(17)2)9-5-8-23-10-12-24(13-11-23)15-6-3-4-7-15/h14-15H,3-13H2,1-2H3. The third-order valence-corrected chi connectivity index (χ3v) is 6.31. The lowest BCUT2D eigenvalue weighted by molar-refractivity contribution is 0.0963. The van der Waals surface area contributed by atoms with Crippen LogP contribution in [0.15, 0.2) is 15.9 Å². The van der Waals surface area contributed by atoms with E-state index < -0.39 is 0 Å². The molecule has 2 aliphatic rings. The molecule has 0 atom stereocenters. The molecular formula is C19H30N6O2. The fraction of sp³-hybridized carbons (Fsp3) is 0.737. The molecule has 4 rings (SSSR count). The van der Waals surface area contributed by atoms with Crippen molar-refractivity contribution in [2.75, 3.05) is 32.7 Å². The fourth-order valence-corrected chi connectivity index (χ4v) is 4.67. The summed E-state index contributed by atoms with van der Waals surface area (Å²) in [4.78, 5) is 34.6. The molecule has 0 N–H and O–H groups in total. The Bertz CT molecular complexity index is 913. The van der Waals surface area contributed by atoms with Crippen molar-refractivity contribution in [3.63, 3.8) is 0 Å². The molecule has 8 heteroatoms. The zero-order valence-corrected chi connectivity index (χ0v) is 16.4. The summed E-state index contributed by atoms with van der Waals surface area (Å²) in [5, 5.41) is 0. The maximum Gasteiger partial charge on any atom is 0.332 e. The van der Waals surface area contributed by atoms with Gasteiger partial charge in [-0.05, 0) is 25.8 Å². The Balaban J connectivity index is 1.36. The Morgan fingerprint density at radius 3 is 2.44 bits per heavy atom. The summed E-state index contributed by atoms with van der Waals surface area (Å²) in [5.41, 5.74) is 0.422. The summed E-state index contributed by atoms with van der Waals surface area (Å²) in [6.07, 6.45) is 7.89. The predicted molar refractivity (Wildman–Crippen MR) is 105 cm³/mol. The van der Waals surface area contributed by atoms with Gasteiger partial charge in [-0.25, -0.2) is 9.78 Å². The van der Waals surface area contributed by atoms with Crippen LogP contribution >= 0.6 is 0 Å². The third kappa shape index (κ3) is 3.48. The summed E-state index contributed by atoms with van der Waals surface area (Å²) in [5.74, 6) is 0. The van der Waals surface area contributed by atoms with Crippen molar-refractivity contribution in [3.8, 4) is 0 Å². The van der Waals surface area contributed by atoms with E-state index in [1.807, 2.05) is 0 Å². The predicted octanol–water partition coefficient (Wildman–Crippen LogP) is 0.384. The molecule has 0 radical (unpaired) electrons. The van der Waals surface area contributed by atoms with Crippen LogP contribution in [0.1, 0.15) is 32.1 Å². The SMILES string of the molecule is Cn1cnc2c1c(=O)n(CCCN1CCN(C3CCCC3)CC1)c(=O)n2C. The number of imidazole rings is 1. The zero-order chi connectivity index (χ0) is 19.0. The highest BCUT2D eigenvalue weighted by Crippen LogP contribution is 2.24. The molecule has 2 aromatic heterocycles. The van der Waals surface area contributed by atoms with E-state index in [4.69, 9.17) is 0 Å². The Kier molecular flexibility index (Phi) is 5.19. The minimum atomic E-state index is -0.280. The molecule has 0 spiro atoms. The van der Waals surface area contributed by atoms with Crippen LogP contribution in [0, 0.1) is 0 Å². The van der Waals surface area contributed by atoms with Gasteiger partial charge in [-0.3, -0.25) is 18.8 Å². The minimum absolute atomic E-state index is 0.237. The maximum atomic E-state index is 12.7. The van der Waals surface area contributed by atoms with E-state index in [2.05, 4.69) is 14.8 Å². The molecule has 0 amide bonds. The van der Waals surface area contributed by atoms with E-state index in [1.54, 1.807) is 25.0 Å². The summed E-state index contributed by atoms with van der Waals surface area (Å²) in [6, 6.07) is 0.805. The van der Waals surface area contributed by atoms with Crippen molar-refractivity contribution >= 4 is 11.2 Å². The number of aromatic nitrogens is 4. The molecule has 148 valence electrons. The lowest BCUT2D eigenvalue weighted by atomic mass is 10.2. The van der Waals surface area contributed by atoms with Crippen LogP contribution < -0.4 is 11.2 Å². The largest absolute Gasteiger partial charge is 0.332 e. The van der Waals surface area contributed by atoms with Gasteiger partial charge in [0.1, 0.15) is 0 Å². The average Bonchev–Trinajstić information content (AvgIpc) is 3.33. The van der Waals surface area contributed by atoms with Crippen LogP contribution in [-0.2, 0) is 20.6 Å². The fourth-order valence-electron chi connectivity index (χ4n) is 4.67. The first-order chi connectivity index (χ1) is 13.1. The minimum Gasteiger partial charge on any atom is -0.328 e. The van der Waals surface area contributed by atoms with Gasteiger partial charge < -0.3 is 9.47 Å². The van der Waals surface area contributed by atoms with Gasteiger partial charge in [-0.1, -0.05) is 12.8 Å². The quantitative estimate of drug-likeness (QED) is 0.757. The second-order valence-electron chi connectivity index (χ2n) is 8.00. The van der Waals surface area contributed by atoms with E-state index in [1.165, 1.54) is 34.8 Å². The number of hydrogen-bond acceptors (Lipinski definition) is 5. The Hall–Kier alpha value is -1.93. The van der Waals surface area contributed by atoms with Gasteiger partial charge in [0.25, 0.3) is 5.56 Å². The molecule has 0 aromatic carbocycles. The van der Waals surface area contributed by atoms with E-state index in [9.17, 15) is 9.59 Å². The topological polar surface area (TPSA) is 68.3 Å². The molecule has 1 aliphatic carbocycles. The first-order valence-electron chi connectivity index (χ1n) is 10.1. The van der Waals surface area contributed by atoms with E-state index in [0.717, 1.165) is 45.2 Å². The van der Waals surface area contributed by atoms with Gasteiger partial charge in [-0.15, -0.1) is 0 Å². The number of fused-ring (bicyclic) bond motifs is 1. The van der Waals surface area contributed by atoms with Crippen molar-refractivity contribution in [3.05, 3.63) is 27.2 Å². The number of rotatable bonds is 5. The monoisotopic (exact) mass is 374 g/mol. The van der Waals surface area contributed by atoms with Crippen LogP contribution in [-0.4, -0.2) is 67.3 Å². The second kappa shape index (κ2) is 7.59. The van der Waals surface area contributed by atoms with Crippen molar-refractivity contribution in [2.45, 2.75) is 44.7 Å². The van der Waals surface area contributed by atoms with E-state index in [0.29, 0.717) is 17.7 Å². The second-order valence-corrected chi connectivity index (χ2v) is 8.00. The molecule has 0 unspecified atom stereocenters. The normalized spacial score (nSPS) is 20.1. The highest BCUT2D eigenvalue weighted by atomic mass is 16.2. The number of nitrogens with zero attached hydrogens (tertiary/aromatic N) is 6. The molecule has 1 aliphatic heterocycles. The van der Waals surface area contributed by atoms with Crippen LogP contribution in [0.5, 0.6) is 0 Å². The molecule has 0 bridgehead atoms. The number of aryl methyl sites for hydroxylation is 2. The van der Waals surface area contributed by atoms with E-state index in [-0.39, 0.29) is 11.2 Å². The maximum absolute atomic E-state index is 12.7. The third-order valence-electron chi connectivity index (χ3n) is 6.31. The van der Waals surface area contributed by atoms with Crippen molar-refractivity contribution in [1.82, 2.24) is 28.5 Å². The first-order valence-corrected chi connectivity index (χ1v) is 10.1. The average molecular weight is 374 g/mol. The van der Waals surface area contributed by atoms with Crippen molar-refractivity contribution < 1.29 is 0 Å². The van der Waals surface area contributed by atoms with Crippen LogP contribution in [0.25, 0.3) is 11.2 Å². The molecule has 2 fully saturated rings. The van der Waals surface area contributed by atoms with Gasteiger partial charge in [0.15, 0.2) is 11.2 Å². The molecule has 1 saturated heterocycles. The lowest BCUT2D eigenvalue weighted by Gasteiger charge is -2.38. The van der Waals surface area contributed by atoms with Crippen LogP contribution in [0.2, 0.25) is 0 Å². The molecular weight excluding hydrogens is 344 g/mol. The molecule has 1 saturated carbocycles. The molecule has 2 aromatic rings. The summed E-state index contributed by atoms with van der Waals surface area (Å²) < 4.78 is 4.52. The first kappa shape index (κ1) is 18.4. The van der Waals surface area contributed by atoms with Crippen LogP contribution in [0.3, 0.4) is 0 Å². The zero-order valence-electron chi connectivity index (χ0n) is 16.4. The highest BCUT2D eigenvalue weighted by Gasteiger charge is 2.25. The summed E-state index contributed by atoms with van der Waals surface area (Å²) in [6.45, 7) is 5.85. The van der Waals surface area contributed by atoms with Gasteiger partial charge in [0.05, 0.1) is 6.33 Å². The Morgan fingerprint density at radius 2 is 1.74 bits per heavy atom. The smallest absolute Gasteiger partial charge is 0.328 e. The van der Waals surface area contributed by atoms with Gasteiger partial charge >= 0.3 is 5.69 Å². The van der Waals surface area contributed by atoms with Crippen molar-refractivity contribution in [1.29, 1.82) is 0 Å². The number of piperazine rings is 1. The van der Waals surface area contributed by atoms with Crippen LogP contribution in [0.4, 0.5) is 0 Å². The van der Waals surface area contributed by atoms with E-state index >= 15 is 0 Å². The molecule has 3 heterocycles. The van der Waals surface area contributed by atoms with Gasteiger partial charge in [-0.2, -0.15) is 0 Å². The molecule has 27 heavy (non-hydrogen) atoms. The molecule has 8 nitrogen and oxygen atoms in total. The van der Waals surface area contributed by atoms with Crippen molar-refractivity contribution in [2.24, 2.45) is 14.1 Å². The Labute approximate surface area is 159 Å². The van der Waals surface area contributed by atoms with Gasteiger partial charge in [0, 0.05) is 52.9 Å². The summed E-state index contributed by atoms with van der Waals surface area (Å²) >= 11 is 0. The lowest BCUT2D eigenvalue weighted by Crippen LogP contribution is -2.50. The Morgan fingerprint density at radius 1 is 1.04 bits per heavy atom. The number of hydrogen-bond donors (Lipinski definition) is 0. The highest BCUT2D eigenvalue weighted by molar-refractivity contribution is 5.69. The summed E-state index contributed by atoms with van der Waals surface area (Å²) in [7, 11) is 3.46. The van der Waals surface area contributed by atoms with Gasteiger partial charge in [0.2, 0.25) is 0 Å².